The van der Waals surface area contributed by atoms with Crippen molar-refractivity contribution in [2.45, 2.75) is 20.8 Å². The molecular weight excluding hydrogens is 374 g/mol. The first-order valence-electron chi connectivity index (χ1n) is 8.81. The van der Waals surface area contributed by atoms with E-state index in [0.717, 1.165) is 0 Å². The van der Waals surface area contributed by atoms with Crippen LogP contribution in [-0.4, -0.2) is 36.8 Å². The van der Waals surface area contributed by atoms with E-state index in [1.807, 2.05) is 6.92 Å². The molecule has 0 aliphatic heterocycles. The minimum absolute atomic E-state index is 0.0783. The molecule has 29 heavy (non-hydrogen) atoms. The molecule has 7 heteroatoms. The SMILES string of the molecule is C/C=C/c1cc(/C(C)=N/OC)c(C(=O)c2ccc(O)c(OC)c2)cc1OC(C)=O. The Balaban J connectivity index is 2.73. The number of nitrogens with zero attached hydrogens (tertiary/aromatic N) is 1. The molecule has 7 nitrogen and oxygen atoms in total. The minimum atomic E-state index is -0.504. The average Bonchev–Trinajstić information content (AvgIpc) is 2.68. The Labute approximate surface area is 169 Å². The number of rotatable bonds is 7. The Kier molecular flexibility index (Phi) is 7.14. The third kappa shape index (κ3) is 5.01. The maximum Gasteiger partial charge on any atom is 0.308 e. The first kappa shape index (κ1) is 21.7. The van der Waals surface area contributed by atoms with Gasteiger partial charge in [0.25, 0.3) is 0 Å². The van der Waals surface area contributed by atoms with Gasteiger partial charge >= 0.3 is 5.97 Å². The van der Waals surface area contributed by atoms with Crippen LogP contribution in [0.1, 0.15) is 47.8 Å². The van der Waals surface area contributed by atoms with Gasteiger partial charge in [0.15, 0.2) is 17.3 Å². The van der Waals surface area contributed by atoms with Crippen molar-refractivity contribution in [1.29, 1.82) is 0 Å². The largest absolute Gasteiger partial charge is 0.504 e. The van der Waals surface area contributed by atoms with Crippen molar-refractivity contribution in [3.63, 3.8) is 0 Å². The van der Waals surface area contributed by atoms with Crippen LogP contribution < -0.4 is 9.47 Å². The van der Waals surface area contributed by atoms with E-state index in [2.05, 4.69) is 5.16 Å². The maximum atomic E-state index is 13.3. The molecule has 2 rings (SSSR count). The number of hydrogen-bond acceptors (Lipinski definition) is 7. The van der Waals surface area contributed by atoms with Gasteiger partial charge in [0.2, 0.25) is 0 Å². The lowest BCUT2D eigenvalue weighted by molar-refractivity contribution is -0.131. The van der Waals surface area contributed by atoms with Crippen molar-refractivity contribution in [3.05, 3.63) is 58.7 Å². The Morgan fingerprint density at radius 2 is 1.76 bits per heavy atom. The van der Waals surface area contributed by atoms with Crippen LogP contribution in [0.2, 0.25) is 0 Å². The number of esters is 1. The first-order valence-corrected chi connectivity index (χ1v) is 8.81. The molecule has 0 amide bonds. The minimum Gasteiger partial charge on any atom is -0.504 e. The van der Waals surface area contributed by atoms with Gasteiger partial charge in [0, 0.05) is 29.2 Å². The van der Waals surface area contributed by atoms with Crippen LogP contribution in [0, 0.1) is 0 Å². The fourth-order valence-corrected chi connectivity index (χ4v) is 2.80. The van der Waals surface area contributed by atoms with E-state index in [-0.39, 0.29) is 28.6 Å². The second-order valence-electron chi connectivity index (χ2n) is 6.10. The third-order valence-electron chi connectivity index (χ3n) is 4.05. The number of phenols is 1. The smallest absolute Gasteiger partial charge is 0.308 e. The van der Waals surface area contributed by atoms with Crippen LogP contribution in [-0.2, 0) is 9.63 Å². The van der Waals surface area contributed by atoms with Crippen molar-refractivity contribution >= 4 is 23.5 Å². The molecule has 0 radical (unpaired) electrons. The first-order chi connectivity index (χ1) is 13.8. The van der Waals surface area contributed by atoms with Gasteiger partial charge in [0.05, 0.1) is 12.8 Å². The van der Waals surface area contributed by atoms with Crippen LogP contribution in [0.5, 0.6) is 17.2 Å². The van der Waals surface area contributed by atoms with Crippen molar-refractivity contribution in [3.8, 4) is 17.2 Å². The highest BCUT2D eigenvalue weighted by Gasteiger charge is 2.21. The van der Waals surface area contributed by atoms with Gasteiger partial charge in [0.1, 0.15) is 12.9 Å². The average molecular weight is 397 g/mol. The number of oxime groups is 1. The number of ketones is 1. The molecule has 0 atom stereocenters. The van der Waals surface area contributed by atoms with Gasteiger partial charge in [-0.05, 0) is 44.2 Å². The van der Waals surface area contributed by atoms with E-state index in [1.165, 1.54) is 45.4 Å². The summed E-state index contributed by atoms with van der Waals surface area (Å²) in [4.78, 5) is 29.7. The lowest BCUT2D eigenvalue weighted by Gasteiger charge is -2.14. The van der Waals surface area contributed by atoms with E-state index in [1.54, 1.807) is 25.1 Å². The summed E-state index contributed by atoms with van der Waals surface area (Å²) in [6, 6.07) is 7.51. The van der Waals surface area contributed by atoms with Gasteiger partial charge in [-0.2, -0.15) is 0 Å². The molecule has 0 bridgehead atoms. The normalized spacial score (nSPS) is 11.4. The number of carbonyl (C=O) groups is 2. The highest BCUT2D eigenvalue weighted by atomic mass is 16.6. The molecule has 0 aromatic heterocycles. The number of methoxy groups -OCH3 is 1. The predicted octanol–water partition coefficient (Wildman–Crippen LogP) is 3.96. The Morgan fingerprint density at radius 3 is 2.34 bits per heavy atom. The molecule has 0 spiro atoms. The lowest BCUT2D eigenvalue weighted by atomic mass is 9.93. The van der Waals surface area contributed by atoms with Crippen LogP contribution in [0.25, 0.3) is 6.08 Å². The maximum absolute atomic E-state index is 13.3. The van der Waals surface area contributed by atoms with Crippen molar-refractivity contribution < 1.29 is 29.0 Å². The van der Waals surface area contributed by atoms with Crippen LogP contribution in [0.4, 0.5) is 0 Å². The molecule has 0 unspecified atom stereocenters. The molecule has 0 heterocycles. The summed E-state index contributed by atoms with van der Waals surface area (Å²) < 4.78 is 10.4. The van der Waals surface area contributed by atoms with E-state index in [0.29, 0.717) is 22.4 Å². The molecule has 2 aromatic carbocycles. The van der Waals surface area contributed by atoms with Gasteiger partial charge in [-0.15, -0.1) is 0 Å². The van der Waals surface area contributed by atoms with Crippen molar-refractivity contribution in [2.75, 3.05) is 14.2 Å². The summed E-state index contributed by atoms with van der Waals surface area (Å²) in [5, 5.41) is 13.7. The molecule has 0 aliphatic rings. The van der Waals surface area contributed by atoms with Gasteiger partial charge in [-0.3, -0.25) is 9.59 Å². The molecular formula is C22H23NO6. The topological polar surface area (TPSA) is 94.4 Å². The number of allylic oxidation sites excluding steroid dienone is 1. The standard InChI is InChI=1S/C22H23NO6/c1-6-7-15-10-17(13(2)23-28-5)18(12-20(15)29-14(3)24)22(26)16-8-9-19(25)21(11-16)27-4/h6-12,25H,1-5H3/b7-6+,23-13+. The summed E-state index contributed by atoms with van der Waals surface area (Å²) >= 11 is 0. The van der Waals surface area contributed by atoms with Crippen LogP contribution in [0.15, 0.2) is 41.6 Å². The quantitative estimate of drug-likeness (QED) is 0.250. The summed E-state index contributed by atoms with van der Waals surface area (Å²) in [6.07, 6.45) is 3.56. The Morgan fingerprint density at radius 1 is 1.03 bits per heavy atom. The molecule has 0 fully saturated rings. The Bertz CT molecular complexity index is 991. The predicted molar refractivity (Wildman–Crippen MR) is 110 cm³/mol. The molecule has 1 N–H and O–H groups in total. The summed E-state index contributed by atoms with van der Waals surface area (Å²) in [6.45, 7) is 4.82. The summed E-state index contributed by atoms with van der Waals surface area (Å²) in [5.41, 5.74) is 2.16. The second kappa shape index (κ2) is 9.54. The molecule has 152 valence electrons. The number of ether oxygens (including phenoxy) is 2. The van der Waals surface area contributed by atoms with E-state index in [9.17, 15) is 14.7 Å². The fourth-order valence-electron chi connectivity index (χ4n) is 2.80. The lowest BCUT2D eigenvalue weighted by Crippen LogP contribution is -2.12. The highest BCUT2D eigenvalue weighted by molar-refractivity contribution is 6.17. The van der Waals surface area contributed by atoms with Gasteiger partial charge in [-0.25, -0.2) is 0 Å². The summed E-state index contributed by atoms with van der Waals surface area (Å²) in [7, 11) is 2.81. The van der Waals surface area contributed by atoms with Gasteiger partial charge in [-0.1, -0.05) is 17.3 Å². The van der Waals surface area contributed by atoms with Crippen LogP contribution in [0.3, 0.4) is 0 Å². The molecule has 2 aromatic rings. The number of carbonyl (C=O) groups excluding carboxylic acids is 2. The second-order valence-corrected chi connectivity index (χ2v) is 6.10. The monoisotopic (exact) mass is 397 g/mol. The van der Waals surface area contributed by atoms with E-state index < -0.39 is 5.97 Å². The Hall–Kier alpha value is -3.61. The number of benzene rings is 2. The third-order valence-corrected chi connectivity index (χ3v) is 4.05. The number of aromatic hydroxyl groups is 1. The molecule has 0 saturated heterocycles. The zero-order valence-electron chi connectivity index (χ0n) is 17.0. The fraction of sp³-hybridized carbons (Fsp3) is 0.227. The zero-order valence-corrected chi connectivity index (χ0v) is 17.0. The van der Waals surface area contributed by atoms with Crippen molar-refractivity contribution in [2.24, 2.45) is 5.16 Å². The number of phenolic OH excluding ortho intramolecular Hbond substituents is 1. The molecule has 0 saturated carbocycles. The van der Waals surface area contributed by atoms with Crippen LogP contribution >= 0.6 is 0 Å². The highest BCUT2D eigenvalue weighted by Crippen LogP contribution is 2.31. The zero-order chi connectivity index (χ0) is 21.6. The molecule has 0 aliphatic carbocycles. The van der Waals surface area contributed by atoms with E-state index in [4.69, 9.17) is 14.3 Å². The van der Waals surface area contributed by atoms with Gasteiger partial charge < -0.3 is 19.4 Å². The number of hydrogen-bond donors (Lipinski definition) is 1. The summed E-state index contributed by atoms with van der Waals surface area (Å²) in [5.74, 6) is -0.519. The van der Waals surface area contributed by atoms with Crippen molar-refractivity contribution in [1.82, 2.24) is 0 Å². The van der Waals surface area contributed by atoms with E-state index >= 15 is 0 Å².